The van der Waals surface area contributed by atoms with Gasteiger partial charge in [0.05, 0.1) is 22.3 Å². The molecule has 2 N–H and O–H groups in total. The third-order valence-corrected chi connectivity index (χ3v) is 2.50. The van der Waals surface area contributed by atoms with Crippen LogP contribution in [0.3, 0.4) is 0 Å². The summed E-state index contributed by atoms with van der Waals surface area (Å²) in [5.41, 5.74) is 6.81. The van der Waals surface area contributed by atoms with Crippen molar-refractivity contribution in [1.29, 1.82) is 5.26 Å². The van der Waals surface area contributed by atoms with E-state index in [0.29, 0.717) is 27.8 Å². The lowest BCUT2D eigenvalue weighted by Gasteiger charge is -2.09. The fourth-order valence-corrected chi connectivity index (χ4v) is 1.57. The van der Waals surface area contributed by atoms with Gasteiger partial charge in [-0.1, -0.05) is 17.7 Å². The van der Waals surface area contributed by atoms with Crippen molar-refractivity contribution in [3.8, 4) is 17.6 Å². The Morgan fingerprint density at radius 1 is 1.12 bits per heavy atom. The van der Waals surface area contributed by atoms with Crippen molar-refractivity contribution in [2.24, 2.45) is 0 Å². The topological polar surface area (TPSA) is 59.0 Å². The van der Waals surface area contributed by atoms with Crippen LogP contribution in [0.2, 0.25) is 5.02 Å². The summed E-state index contributed by atoms with van der Waals surface area (Å²) >= 11 is 5.98. The van der Waals surface area contributed by atoms with Gasteiger partial charge < -0.3 is 10.5 Å². The molecule has 0 aliphatic carbocycles. The Kier molecular flexibility index (Phi) is 3.17. The normalized spacial score (nSPS) is 9.65. The summed E-state index contributed by atoms with van der Waals surface area (Å²) in [7, 11) is 0. The Bertz CT molecular complexity index is 553. The lowest BCUT2D eigenvalue weighted by molar-refractivity contribution is 0.485. The minimum absolute atomic E-state index is 0.430. The number of hydrogen-bond donors (Lipinski definition) is 1. The first-order valence-electron chi connectivity index (χ1n) is 4.92. The van der Waals surface area contributed by atoms with E-state index in [-0.39, 0.29) is 0 Å². The van der Waals surface area contributed by atoms with Gasteiger partial charge in [-0.15, -0.1) is 0 Å². The molecule has 0 fully saturated rings. The van der Waals surface area contributed by atoms with Crippen molar-refractivity contribution in [2.45, 2.75) is 0 Å². The highest BCUT2D eigenvalue weighted by molar-refractivity contribution is 6.32. The highest BCUT2D eigenvalue weighted by Gasteiger charge is 2.06. The maximum absolute atomic E-state index is 8.67. The van der Waals surface area contributed by atoms with E-state index in [0.717, 1.165) is 0 Å². The molecule has 0 unspecified atom stereocenters. The van der Waals surface area contributed by atoms with Crippen LogP contribution < -0.4 is 10.5 Å². The van der Waals surface area contributed by atoms with E-state index in [2.05, 4.69) is 0 Å². The molecular weight excluding hydrogens is 236 g/mol. The standard InChI is InChI=1S/C13H9ClN2O/c14-11-2-1-3-12(16)13(11)17-10-6-4-9(8-15)5-7-10/h1-7H,16H2. The second-order valence-electron chi connectivity index (χ2n) is 3.40. The SMILES string of the molecule is N#Cc1ccc(Oc2c(N)cccc2Cl)cc1. The number of nitrogens with zero attached hydrogens (tertiary/aromatic N) is 1. The van der Waals surface area contributed by atoms with Gasteiger partial charge in [0.25, 0.3) is 0 Å². The molecule has 3 nitrogen and oxygen atoms in total. The molecule has 2 aromatic carbocycles. The molecule has 84 valence electrons. The molecule has 0 heterocycles. The largest absolute Gasteiger partial charge is 0.454 e. The highest BCUT2D eigenvalue weighted by Crippen LogP contribution is 2.34. The number of anilines is 1. The van der Waals surface area contributed by atoms with Gasteiger partial charge in [-0.05, 0) is 36.4 Å². The molecule has 0 aromatic heterocycles. The van der Waals surface area contributed by atoms with Crippen LogP contribution >= 0.6 is 11.6 Å². The number of rotatable bonds is 2. The third kappa shape index (κ3) is 2.49. The zero-order valence-corrected chi connectivity index (χ0v) is 9.61. The third-order valence-electron chi connectivity index (χ3n) is 2.20. The Morgan fingerprint density at radius 2 is 1.82 bits per heavy atom. The average molecular weight is 245 g/mol. The first-order valence-corrected chi connectivity index (χ1v) is 5.30. The molecule has 2 aromatic rings. The van der Waals surface area contributed by atoms with E-state index in [1.54, 1.807) is 42.5 Å². The molecular formula is C13H9ClN2O. The van der Waals surface area contributed by atoms with Crippen LogP contribution in [0.4, 0.5) is 5.69 Å². The smallest absolute Gasteiger partial charge is 0.168 e. The van der Waals surface area contributed by atoms with Crippen molar-refractivity contribution < 1.29 is 4.74 Å². The lowest BCUT2D eigenvalue weighted by atomic mass is 10.2. The molecule has 0 amide bonds. The Hall–Kier alpha value is -2.18. The minimum Gasteiger partial charge on any atom is -0.454 e. The zero-order valence-electron chi connectivity index (χ0n) is 8.85. The Morgan fingerprint density at radius 3 is 2.41 bits per heavy atom. The second-order valence-corrected chi connectivity index (χ2v) is 3.80. The molecule has 0 radical (unpaired) electrons. The molecule has 2 rings (SSSR count). The fourth-order valence-electron chi connectivity index (χ4n) is 1.35. The molecule has 4 heteroatoms. The first-order chi connectivity index (χ1) is 8.20. The van der Waals surface area contributed by atoms with Crippen molar-refractivity contribution in [1.82, 2.24) is 0 Å². The van der Waals surface area contributed by atoms with Crippen molar-refractivity contribution in [3.63, 3.8) is 0 Å². The van der Waals surface area contributed by atoms with E-state index in [1.165, 1.54) is 0 Å². The summed E-state index contributed by atoms with van der Waals surface area (Å²) in [6.45, 7) is 0. The average Bonchev–Trinajstić information content (AvgIpc) is 2.35. The number of benzene rings is 2. The fraction of sp³-hybridized carbons (Fsp3) is 0. The Labute approximate surface area is 104 Å². The van der Waals surface area contributed by atoms with Crippen molar-refractivity contribution >= 4 is 17.3 Å². The van der Waals surface area contributed by atoms with Gasteiger partial charge in [0, 0.05) is 0 Å². The predicted octanol–water partition coefficient (Wildman–Crippen LogP) is 3.59. The van der Waals surface area contributed by atoms with Crippen LogP contribution in [0.25, 0.3) is 0 Å². The lowest BCUT2D eigenvalue weighted by Crippen LogP contribution is -1.92. The summed E-state index contributed by atoms with van der Waals surface area (Å²) in [4.78, 5) is 0. The molecule has 0 saturated heterocycles. The summed E-state index contributed by atoms with van der Waals surface area (Å²) in [6.07, 6.45) is 0. The maximum atomic E-state index is 8.67. The summed E-state index contributed by atoms with van der Waals surface area (Å²) in [6, 6.07) is 13.9. The van der Waals surface area contributed by atoms with Gasteiger partial charge in [0.2, 0.25) is 0 Å². The number of nitrogens with two attached hydrogens (primary N) is 1. The van der Waals surface area contributed by atoms with Crippen LogP contribution in [0.5, 0.6) is 11.5 Å². The molecule has 0 spiro atoms. The van der Waals surface area contributed by atoms with E-state index < -0.39 is 0 Å². The number of hydrogen-bond acceptors (Lipinski definition) is 3. The van der Waals surface area contributed by atoms with Gasteiger partial charge in [0.15, 0.2) is 5.75 Å². The summed E-state index contributed by atoms with van der Waals surface area (Å²) in [5, 5.41) is 9.13. The zero-order chi connectivity index (χ0) is 12.3. The van der Waals surface area contributed by atoms with Crippen LogP contribution in [-0.4, -0.2) is 0 Å². The quantitative estimate of drug-likeness (QED) is 0.822. The molecule has 0 aliphatic heterocycles. The monoisotopic (exact) mass is 244 g/mol. The molecule has 0 bridgehead atoms. The van der Waals surface area contributed by atoms with Crippen molar-refractivity contribution in [3.05, 3.63) is 53.1 Å². The maximum Gasteiger partial charge on any atom is 0.168 e. The number of halogens is 1. The number of para-hydroxylation sites is 1. The van der Waals surface area contributed by atoms with Crippen LogP contribution in [0.1, 0.15) is 5.56 Å². The summed E-state index contributed by atoms with van der Waals surface area (Å²) in [5.74, 6) is 1.02. The van der Waals surface area contributed by atoms with Crippen molar-refractivity contribution in [2.75, 3.05) is 5.73 Å². The number of ether oxygens (including phenoxy) is 1. The number of nitrogen functional groups attached to an aromatic ring is 1. The van der Waals surface area contributed by atoms with Gasteiger partial charge >= 0.3 is 0 Å². The van der Waals surface area contributed by atoms with Gasteiger partial charge in [-0.25, -0.2) is 0 Å². The minimum atomic E-state index is 0.430. The van der Waals surface area contributed by atoms with E-state index >= 15 is 0 Å². The molecule has 0 saturated carbocycles. The molecule has 0 atom stereocenters. The van der Waals surface area contributed by atoms with Crippen LogP contribution in [-0.2, 0) is 0 Å². The number of nitriles is 1. The second kappa shape index (κ2) is 4.77. The highest BCUT2D eigenvalue weighted by atomic mass is 35.5. The van der Waals surface area contributed by atoms with E-state index in [4.69, 9.17) is 27.3 Å². The van der Waals surface area contributed by atoms with Gasteiger partial charge in [-0.2, -0.15) is 5.26 Å². The molecule has 17 heavy (non-hydrogen) atoms. The van der Waals surface area contributed by atoms with Gasteiger partial charge in [0.1, 0.15) is 5.75 Å². The molecule has 0 aliphatic rings. The van der Waals surface area contributed by atoms with Crippen LogP contribution in [0, 0.1) is 11.3 Å². The summed E-state index contributed by atoms with van der Waals surface area (Å²) < 4.78 is 5.57. The predicted molar refractivity (Wildman–Crippen MR) is 67.1 cm³/mol. The first kappa shape index (κ1) is 11.3. The van der Waals surface area contributed by atoms with Crippen LogP contribution in [0.15, 0.2) is 42.5 Å². The van der Waals surface area contributed by atoms with E-state index in [1.807, 2.05) is 6.07 Å². The van der Waals surface area contributed by atoms with E-state index in [9.17, 15) is 0 Å². The van der Waals surface area contributed by atoms with Gasteiger partial charge in [-0.3, -0.25) is 0 Å². The Balaban J connectivity index is 2.29.